The van der Waals surface area contributed by atoms with Crippen molar-refractivity contribution in [2.45, 2.75) is 82.8 Å². The van der Waals surface area contributed by atoms with Gasteiger partial charge in [0.2, 0.25) is 5.72 Å². The summed E-state index contributed by atoms with van der Waals surface area (Å²) in [7, 11) is 0. The molecular weight excluding hydrogens is 440 g/mol. The molecule has 0 fully saturated rings. The standard InChI is InChI=1S/C29H38N2O4/c1-28(2)25-14-10-11-15-26(25)30(20-12-8-6-4-3-5-7-9-13-21-32)29(28)19-18-23-22-24(31(33)34)16-17-27(23)35-29/h10-11,14-19,22,32H,3-9,12-13,20-21H2,1-2H3. The van der Waals surface area contributed by atoms with Crippen molar-refractivity contribution in [1.82, 2.24) is 0 Å². The number of para-hydroxylation sites is 1. The molecule has 6 nitrogen and oxygen atoms in total. The Hall–Kier alpha value is -2.86. The first kappa shape index (κ1) is 25.2. The monoisotopic (exact) mass is 478 g/mol. The Kier molecular flexibility index (Phi) is 7.80. The van der Waals surface area contributed by atoms with Crippen LogP contribution in [0.3, 0.4) is 0 Å². The van der Waals surface area contributed by atoms with Crippen molar-refractivity contribution in [3.63, 3.8) is 0 Å². The molecule has 2 aromatic carbocycles. The summed E-state index contributed by atoms with van der Waals surface area (Å²) in [4.78, 5) is 13.3. The fourth-order valence-corrected chi connectivity index (χ4v) is 5.61. The lowest BCUT2D eigenvalue weighted by atomic mass is 9.76. The molecule has 0 bridgehead atoms. The van der Waals surface area contributed by atoms with Gasteiger partial charge in [-0.25, -0.2) is 0 Å². The smallest absolute Gasteiger partial charge is 0.270 e. The number of non-ortho nitro benzene ring substituents is 1. The van der Waals surface area contributed by atoms with Gasteiger partial charge in [0.25, 0.3) is 5.69 Å². The van der Waals surface area contributed by atoms with E-state index in [1.54, 1.807) is 12.1 Å². The van der Waals surface area contributed by atoms with Gasteiger partial charge >= 0.3 is 0 Å². The Morgan fingerprint density at radius 2 is 1.60 bits per heavy atom. The van der Waals surface area contributed by atoms with Gasteiger partial charge in [-0.1, -0.05) is 63.1 Å². The molecule has 6 heteroatoms. The predicted octanol–water partition coefficient (Wildman–Crippen LogP) is 7.00. The molecule has 1 unspecified atom stereocenters. The molecule has 0 aromatic heterocycles. The molecule has 0 aliphatic carbocycles. The molecule has 2 aliphatic rings. The molecule has 2 heterocycles. The number of hydrogen-bond donors (Lipinski definition) is 1. The van der Waals surface area contributed by atoms with E-state index < -0.39 is 5.72 Å². The van der Waals surface area contributed by atoms with Crippen molar-refractivity contribution in [3.05, 3.63) is 69.8 Å². The topological polar surface area (TPSA) is 75.8 Å². The maximum absolute atomic E-state index is 11.2. The van der Waals surface area contributed by atoms with Crippen LogP contribution in [0.1, 0.15) is 82.8 Å². The van der Waals surface area contributed by atoms with E-state index in [1.807, 2.05) is 6.08 Å². The number of unbranched alkanes of at least 4 members (excludes halogenated alkanes) is 8. The highest BCUT2D eigenvalue weighted by molar-refractivity contribution is 5.73. The molecule has 1 N–H and O–H groups in total. The van der Waals surface area contributed by atoms with E-state index in [2.05, 4.69) is 49.1 Å². The van der Waals surface area contributed by atoms with E-state index in [0.717, 1.165) is 31.4 Å². The number of ether oxygens (including phenoxy) is 1. The summed E-state index contributed by atoms with van der Waals surface area (Å²) >= 11 is 0. The van der Waals surface area contributed by atoms with Crippen molar-refractivity contribution in [1.29, 1.82) is 0 Å². The predicted molar refractivity (Wildman–Crippen MR) is 141 cm³/mol. The third-order valence-electron chi connectivity index (χ3n) is 7.66. The van der Waals surface area contributed by atoms with Crippen LogP contribution in [0, 0.1) is 10.1 Å². The number of hydrogen-bond acceptors (Lipinski definition) is 5. The van der Waals surface area contributed by atoms with Crippen LogP contribution in [-0.2, 0) is 5.41 Å². The molecule has 0 radical (unpaired) electrons. The summed E-state index contributed by atoms with van der Waals surface area (Å²) in [6.45, 7) is 5.65. The molecule has 4 rings (SSSR count). The number of anilines is 1. The first-order valence-corrected chi connectivity index (χ1v) is 13.1. The van der Waals surface area contributed by atoms with Gasteiger partial charge in [-0.05, 0) is 56.5 Å². The lowest BCUT2D eigenvalue weighted by Crippen LogP contribution is -2.59. The minimum Gasteiger partial charge on any atom is -0.463 e. The summed E-state index contributed by atoms with van der Waals surface area (Å²) < 4.78 is 6.77. The van der Waals surface area contributed by atoms with Crippen LogP contribution >= 0.6 is 0 Å². The van der Waals surface area contributed by atoms with Gasteiger partial charge in [-0.2, -0.15) is 0 Å². The molecule has 2 aromatic rings. The fourth-order valence-electron chi connectivity index (χ4n) is 5.61. The number of aliphatic hydroxyl groups is 1. The second-order valence-electron chi connectivity index (χ2n) is 10.3. The Morgan fingerprint density at radius 3 is 2.29 bits per heavy atom. The minimum absolute atomic E-state index is 0.0761. The first-order valence-electron chi connectivity index (χ1n) is 13.1. The number of fused-ring (bicyclic) bond motifs is 2. The van der Waals surface area contributed by atoms with Crippen LogP contribution in [0.25, 0.3) is 6.08 Å². The maximum Gasteiger partial charge on any atom is 0.270 e. The zero-order valence-electron chi connectivity index (χ0n) is 21.0. The quantitative estimate of drug-likeness (QED) is 0.202. The SMILES string of the molecule is CC1(C)c2ccccc2N(CCCCCCCCCCCO)C12C=Cc1cc([N+](=O)[O-])ccc1O2. The number of aliphatic hydroxyl groups excluding tert-OH is 1. The fraction of sp³-hybridized carbons (Fsp3) is 0.517. The van der Waals surface area contributed by atoms with Gasteiger partial charge < -0.3 is 14.7 Å². The first-order chi connectivity index (χ1) is 16.9. The lowest BCUT2D eigenvalue weighted by molar-refractivity contribution is -0.384. The zero-order chi connectivity index (χ0) is 24.9. The highest BCUT2D eigenvalue weighted by Crippen LogP contribution is 2.55. The van der Waals surface area contributed by atoms with Crippen LogP contribution in [0.4, 0.5) is 11.4 Å². The third-order valence-corrected chi connectivity index (χ3v) is 7.66. The number of nitrogens with zero attached hydrogens (tertiary/aromatic N) is 2. The molecule has 1 spiro atoms. The normalized spacial score (nSPS) is 19.5. The van der Waals surface area contributed by atoms with E-state index in [4.69, 9.17) is 9.84 Å². The number of nitro benzene ring substituents is 1. The van der Waals surface area contributed by atoms with Gasteiger partial charge in [0, 0.05) is 36.5 Å². The highest BCUT2D eigenvalue weighted by atomic mass is 16.6. The minimum atomic E-state index is -0.674. The third kappa shape index (κ3) is 4.94. The van der Waals surface area contributed by atoms with E-state index in [1.165, 1.54) is 55.8 Å². The van der Waals surface area contributed by atoms with Gasteiger partial charge in [0.15, 0.2) is 0 Å². The van der Waals surface area contributed by atoms with Crippen molar-refractivity contribution >= 4 is 17.5 Å². The van der Waals surface area contributed by atoms with E-state index in [-0.39, 0.29) is 16.0 Å². The molecule has 0 saturated heterocycles. The Labute approximate surface area is 208 Å². The van der Waals surface area contributed by atoms with Gasteiger partial charge in [0.1, 0.15) is 5.75 Å². The van der Waals surface area contributed by atoms with Crippen LogP contribution in [0.15, 0.2) is 48.5 Å². The van der Waals surface area contributed by atoms with E-state index in [0.29, 0.717) is 12.4 Å². The Morgan fingerprint density at radius 1 is 0.943 bits per heavy atom. The summed E-state index contributed by atoms with van der Waals surface area (Å²) in [6, 6.07) is 13.4. The number of rotatable bonds is 12. The van der Waals surface area contributed by atoms with Crippen LogP contribution in [-0.4, -0.2) is 28.9 Å². The molecule has 188 valence electrons. The Balaban J connectivity index is 1.46. The van der Waals surface area contributed by atoms with Gasteiger partial charge in [-0.3, -0.25) is 10.1 Å². The van der Waals surface area contributed by atoms with Crippen molar-refractivity contribution in [2.75, 3.05) is 18.1 Å². The summed E-state index contributed by atoms with van der Waals surface area (Å²) in [5.74, 6) is 0.685. The van der Waals surface area contributed by atoms with Crippen LogP contribution in [0.2, 0.25) is 0 Å². The van der Waals surface area contributed by atoms with Crippen LogP contribution in [0.5, 0.6) is 5.75 Å². The zero-order valence-corrected chi connectivity index (χ0v) is 21.0. The molecular formula is C29H38N2O4. The molecule has 1 atom stereocenters. The lowest BCUT2D eigenvalue weighted by Gasteiger charge is -2.47. The van der Waals surface area contributed by atoms with Crippen molar-refractivity contribution in [2.24, 2.45) is 0 Å². The van der Waals surface area contributed by atoms with Crippen LogP contribution < -0.4 is 9.64 Å². The number of nitro groups is 1. The maximum atomic E-state index is 11.2. The van der Waals surface area contributed by atoms with E-state index in [9.17, 15) is 10.1 Å². The number of benzene rings is 2. The second-order valence-corrected chi connectivity index (χ2v) is 10.3. The second kappa shape index (κ2) is 10.8. The van der Waals surface area contributed by atoms with Gasteiger partial charge in [0.05, 0.1) is 10.3 Å². The van der Waals surface area contributed by atoms with E-state index >= 15 is 0 Å². The summed E-state index contributed by atoms with van der Waals surface area (Å²) in [6.07, 6.45) is 14.6. The van der Waals surface area contributed by atoms with Crippen molar-refractivity contribution in [3.8, 4) is 5.75 Å². The highest BCUT2D eigenvalue weighted by Gasteiger charge is 2.58. The van der Waals surface area contributed by atoms with Gasteiger partial charge in [-0.15, -0.1) is 0 Å². The average Bonchev–Trinajstić information content (AvgIpc) is 3.03. The van der Waals surface area contributed by atoms with Crippen molar-refractivity contribution < 1.29 is 14.8 Å². The largest absolute Gasteiger partial charge is 0.463 e. The molecule has 35 heavy (non-hydrogen) atoms. The average molecular weight is 479 g/mol. The molecule has 2 aliphatic heterocycles. The summed E-state index contributed by atoms with van der Waals surface area (Å²) in [5, 5.41) is 20.1. The summed E-state index contributed by atoms with van der Waals surface area (Å²) in [5.41, 5.74) is 2.32. The molecule has 0 amide bonds. The Bertz CT molecular complexity index is 1060. The molecule has 0 saturated carbocycles.